The van der Waals surface area contributed by atoms with Crippen LogP contribution < -0.4 is 29.7 Å². The summed E-state index contributed by atoms with van der Waals surface area (Å²) >= 11 is 1.31. The Morgan fingerprint density at radius 3 is 2.33 bits per heavy atom. The molecule has 5 rings (SSSR count). The Kier molecular flexibility index (Phi) is 11.0. The molecule has 0 radical (unpaired) electrons. The molecule has 4 N–H and O–H groups in total. The summed E-state index contributed by atoms with van der Waals surface area (Å²) in [5.41, 5.74) is 1.20. The first-order chi connectivity index (χ1) is 23.3. The van der Waals surface area contributed by atoms with Crippen molar-refractivity contribution in [2.24, 2.45) is 5.41 Å². The number of aliphatic hydroxyl groups excluding tert-OH is 1. The quantitative estimate of drug-likeness (QED) is 0.194. The standard InChI is InChI=1S/C35H38FN3O9S/c1-35(2,3)32(34(44)45)38-28(41)17-37-29(42)18-48-24-11-4-20(5-12-24)30-31(33(43)39(30)23-9-7-22(36)8-10-23)49-19-25(40)21-6-13-26-27(16-21)47-15-14-46-26/h4-13,16,25,30-32,40H,14-15,17-19H2,1-3H3,(H,37,42)(H,38,41)(H,44,45)/t25?,30-,31-,32+/m1/s1. The van der Waals surface area contributed by atoms with Gasteiger partial charge in [0.1, 0.15) is 36.1 Å². The minimum Gasteiger partial charge on any atom is -0.486 e. The van der Waals surface area contributed by atoms with Crippen LogP contribution in [-0.2, 0) is 19.2 Å². The second-order valence-corrected chi connectivity index (χ2v) is 13.8. The summed E-state index contributed by atoms with van der Waals surface area (Å²) in [7, 11) is 0. The summed E-state index contributed by atoms with van der Waals surface area (Å²) in [6.45, 7) is 5.10. The molecule has 260 valence electrons. The average molecular weight is 696 g/mol. The fourth-order valence-corrected chi connectivity index (χ4v) is 6.70. The molecule has 3 aromatic carbocycles. The Balaban J connectivity index is 1.20. The van der Waals surface area contributed by atoms with E-state index in [9.17, 15) is 33.8 Å². The maximum Gasteiger partial charge on any atom is 0.326 e. The highest BCUT2D eigenvalue weighted by Gasteiger charge is 2.49. The third kappa shape index (κ3) is 8.62. The van der Waals surface area contributed by atoms with Crippen LogP contribution in [0, 0.1) is 11.2 Å². The van der Waals surface area contributed by atoms with E-state index in [1.54, 1.807) is 68.1 Å². The molecule has 0 aliphatic carbocycles. The van der Waals surface area contributed by atoms with Crippen LogP contribution in [-0.4, -0.2) is 77.3 Å². The number of carboxylic acid groups (broad SMARTS) is 1. The Morgan fingerprint density at radius 2 is 1.67 bits per heavy atom. The van der Waals surface area contributed by atoms with Gasteiger partial charge < -0.3 is 40.0 Å². The van der Waals surface area contributed by atoms with Gasteiger partial charge in [0.05, 0.1) is 18.7 Å². The van der Waals surface area contributed by atoms with Crippen molar-refractivity contribution in [1.29, 1.82) is 0 Å². The Labute approximate surface area is 286 Å². The molecule has 0 aromatic heterocycles. The maximum atomic E-state index is 13.7. The number of amides is 3. The molecule has 4 atom stereocenters. The summed E-state index contributed by atoms with van der Waals surface area (Å²) in [6.07, 6.45) is -0.876. The molecular weight excluding hydrogens is 657 g/mol. The van der Waals surface area contributed by atoms with Gasteiger partial charge in [-0.2, -0.15) is 0 Å². The zero-order chi connectivity index (χ0) is 35.3. The molecule has 1 fully saturated rings. The Hall–Kier alpha value is -4.82. The van der Waals surface area contributed by atoms with Crippen LogP contribution in [0.2, 0.25) is 0 Å². The van der Waals surface area contributed by atoms with Crippen LogP contribution in [0.1, 0.15) is 44.0 Å². The molecule has 1 saturated heterocycles. The van der Waals surface area contributed by atoms with Crippen molar-refractivity contribution in [2.45, 2.75) is 44.2 Å². The average Bonchev–Trinajstić information content (AvgIpc) is 3.07. The van der Waals surface area contributed by atoms with Crippen molar-refractivity contribution < 1.29 is 48.0 Å². The van der Waals surface area contributed by atoms with Gasteiger partial charge in [0.2, 0.25) is 11.8 Å². The highest BCUT2D eigenvalue weighted by molar-refractivity contribution is 8.00. The lowest BCUT2D eigenvalue weighted by Crippen LogP contribution is -2.57. The molecule has 0 spiro atoms. The van der Waals surface area contributed by atoms with E-state index in [2.05, 4.69) is 10.6 Å². The number of hydrogen-bond donors (Lipinski definition) is 4. The lowest BCUT2D eigenvalue weighted by Gasteiger charge is -2.47. The monoisotopic (exact) mass is 695 g/mol. The minimum absolute atomic E-state index is 0.186. The molecule has 2 heterocycles. The third-order valence-corrected chi connectivity index (χ3v) is 9.32. The van der Waals surface area contributed by atoms with Crippen LogP contribution in [0.5, 0.6) is 17.2 Å². The number of carboxylic acids is 1. The highest BCUT2D eigenvalue weighted by atomic mass is 32.2. The van der Waals surface area contributed by atoms with Crippen LogP contribution >= 0.6 is 11.8 Å². The van der Waals surface area contributed by atoms with E-state index < -0.39 is 65.6 Å². The third-order valence-electron chi connectivity index (χ3n) is 7.99. The molecular formula is C35H38FN3O9S. The second kappa shape index (κ2) is 15.2. The van der Waals surface area contributed by atoms with E-state index in [-0.39, 0.29) is 11.7 Å². The number of aliphatic carboxylic acids is 1. The van der Waals surface area contributed by atoms with Crippen molar-refractivity contribution in [3.8, 4) is 17.2 Å². The summed E-state index contributed by atoms with van der Waals surface area (Å²) in [5, 5.41) is 24.6. The summed E-state index contributed by atoms with van der Waals surface area (Å²) in [4.78, 5) is 51.0. The zero-order valence-electron chi connectivity index (χ0n) is 27.2. The number of benzene rings is 3. The SMILES string of the molecule is CC(C)(C)[C@@H](NC(=O)CNC(=O)COc1ccc([C@@H]2[C@@H](SCC(O)c3ccc4c(c3)OCCO4)C(=O)N2c2ccc(F)cc2)cc1)C(=O)O. The number of carbonyl (C=O) groups excluding carboxylic acids is 3. The number of hydrogen-bond acceptors (Lipinski definition) is 9. The second-order valence-electron chi connectivity index (χ2n) is 12.6. The van der Waals surface area contributed by atoms with Crippen molar-refractivity contribution in [1.82, 2.24) is 10.6 Å². The van der Waals surface area contributed by atoms with E-state index in [4.69, 9.17) is 14.2 Å². The van der Waals surface area contributed by atoms with Crippen LogP contribution in [0.15, 0.2) is 66.7 Å². The number of nitrogens with zero attached hydrogens (tertiary/aromatic N) is 1. The molecule has 2 aliphatic heterocycles. The number of carbonyl (C=O) groups is 4. The van der Waals surface area contributed by atoms with Crippen LogP contribution in [0.3, 0.4) is 0 Å². The molecule has 12 nitrogen and oxygen atoms in total. The first kappa shape index (κ1) is 35.5. The first-order valence-electron chi connectivity index (χ1n) is 15.6. The first-order valence-corrected chi connectivity index (χ1v) is 16.7. The number of nitrogens with one attached hydrogen (secondary N) is 2. The molecule has 3 amide bonds. The smallest absolute Gasteiger partial charge is 0.326 e. The molecule has 49 heavy (non-hydrogen) atoms. The van der Waals surface area contributed by atoms with Gasteiger partial charge in [0.15, 0.2) is 18.1 Å². The lowest BCUT2D eigenvalue weighted by atomic mass is 9.87. The van der Waals surface area contributed by atoms with E-state index >= 15 is 0 Å². The number of halogens is 1. The van der Waals surface area contributed by atoms with Gasteiger partial charge in [-0.3, -0.25) is 14.4 Å². The van der Waals surface area contributed by atoms with Crippen molar-refractivity contribution in [3.63, 3.8) is 0 Å². The van der Waals surface area contributed by atoms with Crippen LogP contribution in [0.25, 0.3) is 0 Å². The van der Waals surface area contributed by atoms with Gasteiger partial charge in [0, 0.05) is 11.4 Å². The Bertz CT molecular complexity index is 1680. The fraction of sp³-hybridized carbons (Fsp3) is 0.371. The van der Waals surface area contributed by atoms with Gasteiger partial charge in [-0.05, 0) is 65.1 Å². The number of fused-ring (bicyclic) bond motifs is 1. The summed E-state index contributed by atoms with van der Waals surface area (Å²) in [5.74, 6) is -1.26. The predicted molar refractivity (Wildman–Crippen MR) is 179 cm³/mol. The molecule has 14 heteroatoms. The zero-order valence-corrected chi connectivity index (χ0v) is 28.0. The predicted octanol–water partition coefficient (Wildman–Crippen LogP) is 3.63. The van der Waals surface area contributed by atoms with Crippen molar-refractivity contribution in [2.75, 3.05) is 37.0 Å². The van der Waals surface area contributed by atoms with E-state index in [0.29, 0.717) is 41.7 Å². The highest BCUT2D eigenvalue weighted by Crippen LogP contribution is 2.46. The van der Waals surface area contributed by atoms with Crippen LogP contribution in [0.4, 0.5) is 10.1 Å². The number of β-lactam (4-membered cyclic amide) rings is 1. The minimum atomic E-state index is -1.18. The topological polar surface area (TPSA) is 164 Å². The maximum absolute atomic E-state index is 13.7. The Morgan fingerprint density at radius 1 is 1.00 bits per heavy atom. The number of thioether (sulfide) groups is 1. The summed E-state index contributed by atoms with van der Waals surface area (Å²) < 4.78 is 30.5. The van der Waals surface area contributed by atoms with E-state index in [1.807, 2.05) is 0 Å². The van der Waals surface area contributed by atoms with Gasteiger partial charge >= 0.3 is 5.97 Å². The largest absolute Gasteiger partial charge is 0.486 e. The molecule has 2 aliphatic rings. The van der Waals surface area contributed by atoms with Gasteiger partial charge in [0.25, 0.3) is 5.91 Å². The van der Waals surface area contributed by atoms with E-state index in [1.165, 1.54) is 36.0 Å². The number of rotatable bonds is 13. The molecule has 1 unspecified atom stereocenters. The van der Waals surface area contributed by atoms with Crippen molar-refractivity contribution in [3.05, 3.63) is 83.7 Å². The van der Waals surface area contributed by atoms with Gasteiger partial charge in [-0.1, -0.05) is 39.0 Å². The normalized spacial score (nSPS) is 18.1. The fourth-order valence-electron chi connectivity index (χ4n) is 5.40. The van der Waals surface area contributed by atoms with E-state index in [0.717, 1.165) is 5.56 Å². The molecule has 3 aromatic rings. The summed E-state index contributed by atoms with van der Waals surface area (Å²) in [6, 6.07) is 16.1. The van der Waals surface area contributed by atoms with Crippen molar-refractivity contribution >= 4 is 41.1 Å². The number of aliphatic hydroxyl groups is 1. The van der Waals surface area contributed by atoms with Gasteiger partial charge in [-0.25, -0.2) is 9.18 Å². The number of ether oxygens (including phenoxy) is 3. The number of anilines is 1. The molecule has 0 bridgehead atoms. The lowest BCUT2D eigenvalue weighted by molar-refractivity contribution is -0.144. The molecule has 0 saturated carbocycles. The van der Waals surface area contributed by atoms with Gasteiger partial charge in [-0.15, -0.1) is 11.8 Å².